The smallest absolute Gasteiger partial charge is 0.170 e. The van der Waals surface area contributed by atoms with Crippen molar-refractivity contribution in [3.63, 3.8) is 0 Å². The molecule has 0 saturated heterocycles. The summed E-state index contributed by atoms with van der Waals surface area (Å²) in [6.45, 7) is 3.12. The highest BCUT2D eigenvalue weighted by Gasteiger charge is 2.19. The van der Waals surface area contributed by atoms with Crippen LogP contribution in [0.1, 0.15) is 17.7 Å². The van der Waals surface area contributed by atoms with Gasteiger partial charge in [-0.2, -0.15) is 0 Å². The zero-order chi connectivity index (χ0) is 19.3. The summed E-state index contributed by atoms with van der Waals surface area (Å²) in [5.74, 6) is 1.48. The molecule has 0 radical (unpaired) electrons. The molecular weight excluding hydrogens is 368 g/mol. The zero-order valence-corrected chi connectivity index (χ0v) is 17.1. The van der Waals surface area contributed by atoms with Gasteiger partial charge in [-0.15, -0.1) is 11.3 Å². The molecule has 4 nitrogen and oxygen atoms in total. The van der Waals surface area contributed by atoms with Crippen molar-refractivity contribution < 1.29 is 14.4 Å². The molecule has 4 rings (SSSR count). The monoisotopic (exact) mass is 393 g/mol. The predicted molar refractivity (Wildman–Crippen MR) is 114 cm³/mol. The minimum atomic E-state index is 0.733. The van der Waals surface area contributed by atoms with Crippen LogP contribution in [0.15, 0.2) is 60.0 Å². The second-order valence-electron chi connectivity index (χ2n) is 6.91. The first kappa shape index (κ1) is 18.7. The standard InChI is InChI=1S/C23H24N2O2S/c1-26-21-10-6-9-20(22(21)27-2)23-24-19(16-28-23)15-25-13-11-18(12-14-25)17-7-4-3-5-8-17/h3-11,16H,12-15H2,1-2H3/p+1. The molecule has 0 saturated carbocycles. The van der Waals surface area contributed by atoms with Gasteiger partial charge in [0.25, 0.3) is 0 Å². The molecule has 28 heavy (non-hydrogen) atoms. The molecule has 0 fully saturated rings. The third kappa shape index (κ3) is 3.96. The lowest BCUT2D eigenvalue weighted by Gasteiger charge is -2.23. The van der Waals surface area contributed by atoms with E-state index in [9.17, 15) is 0 Å². The van der Waals surface area contributed by atoms with Crippen LogP contribution in [-0.4, -0.2) is 32.3 Å². The van der Waals surface area contributed by atoms with Crippen molar-refractivity contribution >= 4 is 16.9 Å². The zero-order valence-electron chi connectivity index (χ0n) is 16.3. The molecule has 1 unspecified atom stereocenters. The Balaban J connectivity index is 1.46. The van der Waals surface area contributed by atoms with Crippen LogP contribution in [0.3, 0.4) is 0 Å². The lowest BCUT2D eigenvalue weighted by Crippen LogP contribution is -3.11. The maximum absolute atomic E-state index is 5.56. The van der Waals surface area contributed by atoms with E-state index in [0.717, 1.165) is 53.8 Å². The van der Waals surface area contributed by atoms with Crippen LogP contribution in [0, 0.1) is 0 Å². The summed E-state index contributed by atoms with van der Waals surface area (Å²) < 4.78 is 11.0. The van der Waals surface area contributed by atoms with E-state index < -0.39 is 0 Å². The maximum atomic E-state index is 5.56. The number of rotatable bonds is 6. The lowest BCUT2D eigenvalue weighted by atomic mass is 9.99. The summed E-state index contributed by atoms with van der Waals surface area (Å²) in [5.41, 5.74) is 4.93. The van der Waals surface area contributed by atoms with E-state index in [1.54, 1.807) is 30.5 Å². The van der Waals surface area contributed by atoms with Crippen LogP contribution >= 0.6 is 11.3 Å². The predicted octanol–water partition coefficient (Wildman–Crippen LogP) is 3.70. The van der Waals surface area contributed by atoms with Crippen LogP contribution in [0.2, 0.25) is 0 Å². The minimum Gasteiger partial charge on any atom is -0.493 e. The summed E-state index contributed by atoms with van der Waals surface area (Å²) in [6, 6.07) is 16.6. The van der Waals surface area contributed by atoms with Gasteiger partial charge < -0.3 is 14.4 Å². The first-order valence-corrected chi connectivity index (χ1v) is 10.4. The van der Waals surface area contributed by atoms with Crippen molar-refractivity contribution in [2.75, 3.05) is 27.3 Å². The van der Waals surface area contributed by atoms with Gasteiger partial charge in [0.2, 0.25) is 0 Å². The number of hydrogen-bond donors (Lipinski definition) is 1. The molecule has 0 bridgehead atoms. The average molecular weight is 394 g/mol. The Bertz CT molecular complexity index is 966. The summed E-state index contributed by atoms with van der Waals surface area (Å²) in [7, 11) is 3.33. The van der Waals surface area contributed by atoms with Gasteiger partial charge in [-0.25, -0.2) is 4.98 Å². The Hall–Kier alpha value is -2.63. The van der Waals surface area contributed by atoms with Gasteiger partial charge in [-0.3, -0.25) is 0 Å². The molecule has 0 aliphatic carbocycles. The molecule has 2 aromatic carbocycles. The van der Waals surface area contributed by atoms with E-state index in [2.05, 4.69) is 41.8 Å². The molecule has 1 aliphatic heterocycles. The van der Waals surface area contributed by atoms with Gasteiger partial charge in [0.15, 0.2) is 11.5 Å². The number of aromatic nitrogens is 1. The van der Waals surface area contributed by atoms with E-state index >= 15 is 0 Å². The van der Waals surface area contributed by atoms with Gasteiger partial charge in [-0.1, -0.05) is 36.4 Å². The fourth-order valence-corrected chi connectivity index (χ4v) is 4.52. The molecule has 1 aliphatic rings. The summed E-state index contributed by atoms with van der Waals surface area (Å²) in [5, 5.41) is 3.14. The Morgan fingerprint density at radius 2 is 1.89 bits per heavy atom. The largest absolute Gasteiger partial charge is 0.493 e. The average Bonchev–Trinajstić information content (AvgIpc) is 3.22. The third-order valence-electron chi connectivity index (χ3n) is 5.15. The van der Waals surface area contributed by atoms with Crippen LogP contribution in [-0.2, 0) is 6.54 Å². The van der Waals surface area contributed by atoms with E-state index in [1.165, 1.54) is 11.1 Å². The fraction of sp³-hybridized carbons (Fsp3) is 0.261. The second-order valence-corrected chi connectivity index (χ2v) is 7.77. The summed E-state index contributed by atoms with van der Waals surface area (Å²) in [4.78, 5) is 6.43. The van der Waals surface area contributed by atoms with Gasteiger partial charge in [-0.05, 0) is 29.3 Å². The van der Waals surface area contributed by atoms with Crippen LogP contribution in [0.25, 0.3) is 16.1 Å². The second kappa shape index (κ2) is 8.59. The molecule has 2 heterocycles. The number of nitrogens with zero attached hydrogens (tertiary/aromatic N) is 1. The van der Waals surface area contributed by atoms with Gasteiger partial charge in [0.1, 0.15) is 17.2 Å². The van der Waals surface area contributed by atoms with E-state index in [-0.39, 0.29) is 0 Å². The van der Waals surface area contributed by atoms with Crippen molar-refractivity contribution in [2.24, 2.45) is 0 Å². The van der Waals surface area contributed by atoms with Gasteiger partial charge >= 0.3 is 0 Å². The van der Waals surface area contributed by atoms with Crippen molar-refractivity contribution in [3.05, 3.63) is 71.2 Å². The number of ether oxygens (including phenoxy) is 2. The SMILES string of the molecule is COc1cccc(-c2nc(C[NH+]3CC=C(c4ccccc4)CC3)cs2)c1OC. The normalized spacial score (nSPS) is 16.5. The number of thiazole rings is 1. The summed E-state index contributed by atoms with van der Waals surface area (Å²) in [6.07, 6.45) is 3.49. The Labute approximate surface area is 170 Å². The topological polar surface area (TPSA) is 35.8 Å². The summed E-state index contributed by atoms with van der Waals surface area (Å²) >= 11 is 1.66. The van der Waals surface area contributed by atoms with Crippen molar-refractivity contribution in [1.29, 1.82) is 0 Å². The Morgan fingerprint density at radius 1 is 1.04 bits per heavy atom. The number of methoxy groups -OCH3 is 2. The van der Waals surface area contributed by atoms with E-state index in [0.29, 0.717) is 0 Å². The first-order chi connectivity index (χ1) is 13.8. The Kier molecular flexibility index (Phi) is 5.74. The molecule has 1 aromatic heterocycles. The van der Waals surface area contributed by atoms with Crippen molar-refractivity contribution in [2.45, 2.75) is 13.0 Å². The molecule has 0 spiro atoms. The van der Waals surface area contributed by atoms with Crippen molar-refractivity contribution in [1.82, 2.24) is 4.98 Å². The number of hydrogen-bond acceptors (Lipinski definition) is 4. The van der Waals surface area contributed by atoms with E-state index in [4.69, 9.17) is 14.5 Å². The first-order valence-electron chi connectivity index (χ1n) is 9.52. The number of para-hydroxylation sites is 1. The highest BCUT2D eigenvalue weighted by molar-refractivity contribution is 7.13. The highest BCUT2D eigenvalue weighted by Crippen LogP contribution is 2.38. The third-order valence-corrected chi connectivity index (χ3v) is 6.07. The molecular formula is C23H25N2O2S+. The van der Waals surface area contributed by atoms with Crippen LogP contribution in [0.4, 0.5) is 0 Å². The molecule has 144 valence electrons. The quantitative estimate of drug-likeness (QED) is 0.694. The van der Waals surface area contributed by atoms with Crippen LogP contribution in [0.5, 0.6) is 11.5 Å². The fourth-order valence-electron chi connectivity index (χ4n) is 3.68. The number of nitrogens with one attached hydrogen (secondary N) is 1. The highest BCUT2D eigenvalue weighted by atomic mass is 32.1. The number of benzene rings is 2. The molecule has 3 aromatic rings. The molecule has 0 amide bonds. The van der Waals surface area contributed by atoms with Crippen molar-refractivity contribution in [3.8, 4) is 22.1 Å². The molecule has 1 N–H and O–H groups in total. The molecule has 1 atom stereocenters. The molecule has 5 heteroatoms. The van der Waals surface area contributed by atoms with E-state index in [1.807, 2.05) is 18.2 Å². The Morgan fingerprint density at radius 3 is 2.61 bits per heavy atom. The van der Waals surface area contributed by atoms with Crippen LogP contribution < -0.4 is 14.4 Å². The van der Waals surface area contributed by atoms with Gasteiger partial charge in [0, 0.05) is 11.8 Å². The maximum Gasteiger partial charge on any atom is 0.170 e. The number of quaternary nitrogens is 1. The minimum absolute atomic E-state index is 0.733. The lowest BCUT2D eigenvalue weighted by molar-refractivity contribution is -0.909. The van der Waals surface area contributed by atoms with Gasteiger partial charge in [0.05, 0.1) is 32.9 Å².